The minimum atomic E-state index is -0.196. The molecule has 138 valence electrons. The summed E-state index contributed by atoms with van der Waals surface area (Å²) < 4.78 is 0. The van der Waals surface area contributed by atoms with Gasteiger partial charge in [-0.1, -0.05) is 0 Å². The highest BCUT2D eigenvalue weighted by Crippen LogP contribution is 2.22. The molecule has 1 aromatic rings. The van der Waals surface area contributed by atoms with Crippen molar-refractivity contribution in [2.45, 2.75) is 19.3 Å². The van der Waals surface area contributed by atoms with Crippen LogP contribution >= 0.6 is 0 Å². The molecule has 6 heteroatoms. The Morgan fingerprint density at radius 3 is 2.31 bits per heavy atom. The number of piperazine rings is 1. The Kier molecular flexibility index (Phi) is 6.13. The number of nitrogens with one attached hydrogen (secondary N) is 1. The monoisotopic (exact) mass is 353 g/mol. The number of carbonyl (C=O) groups excluding carboxylic acids is 1. The van der Waals surface area contributed by atoms with Crippen LogP contribution in [0.1, 0.15) is 19.3 Å². The summed E-state index contributed by atoms with van der Waals surface area (Å²) in [6, 6.07) is 10.2. The van der Waals surface area contributed by atoms with E-state index in [-0.39, 0.29) is 11.5 Å². The first-order valence-corrected chi connectivity index (χ1v) is 9.37. The summed E-state index contributed by atoms with van der Waals surface area (Å²) in [6.07, 6.45) is 5.35. The van der Waals surface area contributed by atoms with E-state index in [2.05, 4.69) is 27.2 Å². The number of amides is 1. The Balaban J connectivity index is 1.60. The molecule has 0 aliphatic carbocycles. The fourth-order valence-corrected chi connectivity index (χ4v) is 3.40. The molecule has 0 radical (unpaired) electrons. The van der Waals surface area contributed by atoms with Gasteiger partial charge in [-0.25, -0.2) is 0 Å². The number of anilines is 2. The van der Waals surface area contributed by atoms with E-state index in [1.54, 1.807) is 4.90 Å². The molecule has 26 heavy (non-hydrogen) atoms. The van der Waals surface area contributed by atoms with E-state index in [0.29, 0.717) is 13.1 Å². The van der Waals surface area contributed by atoms with Crippen molar-refractivity contribution in [3.63, 3.8) is 0 Å². The van der Waals surface area contributed by atoms with Gasteiger partial charge in [0.05, 0.1) is 0 Å². The fraction of sp³-hybridized carbons (Fsp3) is 0.500. The van der Waals surface area contributed by atoms with E-state index in [9.17, 15) is 10.1 Å². The van der Waals surface area contributed by atoms with Gasteiger partial charge in [0, 0.05) is 56.8 Å². The zero-order chi connectivity index (χ0) is 18.4. The molecule has 1 aromatic carbocycles. The quantitative estimate of drug-likeness (QED) is 0.665. The van der Waals surface area contributed by atoms with Gasteiger partial charge in [-0.15, -0.1) is 0 Å². The molecule has 2 fully saturated rings. The van der Waals surface area contributed by atoms with Crippen molar-refractivity contribution in [3.05, 3.63) is 36.0 Å². The highest BCUT2D eigenvalue weighted by atomic mass is 16.2. The lowest BCUT2D eigenvalue weighted by Gasteiger charge is -2.32. The molecule has 0 atom stereocenters. The Hall–Kier alpha value is -2.52. The molecule has 2 saturated heterocycles. The Bertz CT molecular complexity index is 677. The van der Waals surface area contributed by atoms with Gasteiger partial charge in [0.25, 0.3) is 5.91 Å². The van der Waals surface area contributed by atoms with Crippen LogP contribution in [0.15, 0.2) is 36.0 Å². The van der Waals surface area contributed by atoms with Crippen LogP contribution in [0.5, 0.6) is 0 Å². The van der Waals surface area contributed by atoms with Gasteiger partial charge in [0.1, 0.15) is 11.6 Å². The first-order valence-electron chi connectivity index (χ1n) is 9.37. The van der Waals surface area contributed by atoms with Crippen LogP contribution in [-0.2, 0) is 4.79 Å². The summed E-state index contributed by atoms with van der Waals surface area (Å²) in [5, 5.41) is 12.4. The first-order chi connectivity index (χ1) is 12.7. The highest BCUT2D eigenvalue weighted by Gasteiger charge is 2.22. The van der Waals surface area contributed by atoms with E-state index >= 15 is 0 Å². The third-order valence-corrected chi connectivity index (χ3v) is 5.11. The zero-order valence-electron chi connectivity index (χ0n) is 15.4. The normalized spacial score (nSPS) is 19.2. The molecule has 1 N–H and O–H groups in total. The number of carbonyl (C=O) groups is 1. The lowest BCUT2D eigenvalue weighted by atomic mass is 10.1. The molecule has 0 unspecified atom stereocenters. The van der Waals surface area contributed by atoms with Gasteiger partial charge in [-0.2, -0.15) is 5.26 Å². The second-order valence-electron chi connectivity index (χ2n) is 7.00. The second-order valence-corrected chi connectivity index (χ2v) is 7.00. The van der Waals surface area contributed by atoms with Crippen molar-refractivity contribution >= 4 is 17.3 Å². The molecule has 6 nitrogen and oxygen atoms in total. The largest absolute Gasteiger partial charge is 0.372 e. The molecule has 0 aromatic heterocycles. The summed E-state index contributed by atoms with van der Waals surface area (Å²) in [7, 11) is 2.04. The summed E-state index contributed by atoms with van der Waals surface area (Å²) >= 11 is 0. The molecule has 3 rings (SSSR count). The maximum absolute atomic E-state index is 12.5. The number of likely N-dealkylation sites (N-methyl/N-ethyl adjacent to an activating group) is 1. The van der Waals surface area contributed by atoms with Crippen molar-refractivity contribution in [2.75, 3.05) is 56.5 Å². The van der Waals surface area contributed by atoms with Crippen LogP contribution in [0.3, 0.4) is 0 Å². The van der Waals surface area contributed by atoms with Crippen molar-refractivity contribution in [2.24, 2.45) is 0 Å². The lowest BCUT2D eigenvalue weighted by Crippen LogP contribution is -2.47. The van der Waals surface area contributed by atoms with E-state index in [1.807, 2.05) is 25.2 Å². The second kappa shape index (κ2) is 8.72. The van der Waals surface area contributed by atoms with Crippen LogP contribution in [0.2, 0.25) is 0 Å². The molecular weight excluding hydrogens is 326 g/mol. The van der Waals surface area contributed by atoms with Crippen molar-refractivity contribution in [3.8, 4) is 6.07 Å². The van der Waals surface area contributed by atoms with Gasteiger partial charge in [-0.3, -0.25) is 4.79 Å². The molecular formula is C20H27N5O. The van der Waals surface area contributed by atoms with E-state index in [4.69, 9.17) is 0 Å². The van der Waals surface area contributed by atoms with E-state index in [1.165, 1.54) is 31.1 Å². The smallest absolute Gasteiger partial charge is 0.266 e. The predicted octanol–water partition coefficient (Wildman–Crippen LogP) is 2.27. The molecule has 2 aliphatic rings. The first kappa shape index (κ1) is 18.3. The minimum absolute atomic E-state index is 0.148. The van der Waals surface area contributed by atoms with E-state index in [0.717, 1.165) is 31.9 Å². The molecule has 0 spiro atoms. The Labute approximate surface area is 155 Å². The molecule has 2 aliphatic heterocycles. The van der Waals surface area contributed by atoms with Crippen LogP contribution in [-0.4, -0.2) is 62.0 Å². The molecule has 0 bridgehead atoms. The third-order valence-electron chi connectivity index (χ3n) is 5.11. The average molecular weight is 353 g/mol. The van der Waals surface area contributed by atoms with Gasteiger partial charge in [0.2, 0.25) is 0 Å². The Morgan fingerprint density at radius 2 is 1.69 bits per heavy atom. The SMILES string of the molecule is CN1CCN(C(=O)/C(C#N)=C\Nc2ccc(N3CCCCC3)cc2)CC1. The van der Waals surface area contributed by atoms with Gasteiger partial charge < -0.3 is 20.0 Å². The van der Waals surface area contributed by atoms with Crippen LogP contribution in [0.4, 0.5) is 11.4 Å². The number of nitrogens with zero attached hydrogens (tertiary/aromatic N) is 4. The Morgan fingerprint density at radius 1 is 1.04 bits per heavy atom. The molecule has 1 amide bonds. The topological polar surface area (TPSA) is 62.6 Å². The molecule has 2 heterocycles. The molecule has 0 saturated carbocycles. The lowest BCUT2D eigenvalue weighted by molar-refractivity contribution is -0.128. The zero-order valence-corrected chi connectivity index (χ0v) is 15.4. The summed E-state index contributed by atoms with van der Waals surface area (Å²) in [5.41, 5.74) is 2.26. The maximum Gasteiger partial charge on any atom is 0.266 e. The number of benzene rings is 1. The highest BCUT2D eigenvalue weighted by molar-refractivity contribution is 5.97. The number of piperidine rings is 1. The standard InChI is InChI=1S/C20H27N5O/c1-23-11-13-25(14-12-23)20(26)17(15-21)16-22-18-5-7-19(8-6-18)24-9-3-2-4-10-24/h5-8,16,22H,2-4,9-14H2,1H3/b17-16-. The summed E-state index contributed by atoms with van der Waals surface area (Å²) in [4.78, 5) is 18.8. The van der Waals surface area contributed by atoms with Gasteiger partial charge >= 0.3 is 0 Å². The van der Waals surface area contributed by atoms with Gasteiger partial charge in [0.15, 0.2) is 0 Å². The van der Waals surface area contributed by atoms with Crippen molar-refractivity contribution in [1.82, 2.24) is 9.80 Å². The number of nitriles is 1. The minimum Gasteiger partial charge on any atom is -0.372 e. The number of hydrogen-bond donors (Lipinski definition) is 1. The number of hydrogen-bond acceptors (Lipinski definition) is 5. The van der Waals surface area contributed by atoms with Crippen molar-refractivity contribution in [1.29, 1.82) is 5.26 Å². The van der Waals surface area contributed by atoms with Crippen LogP contribution in [0.25, 0.3) is 0 Å². The third kappa shape index (κ3) is 4.55. The maximum atomic E-state index is 12.5. The van der Waals surface area contributed by atoms with Crippen LogP contribution < -0.4 is 10.2 Å². The van der Waals surface area contributed by atoms with E-state index < -0.39 is 0 Å². The predicted molar refractivity (Wildman–Crippen MR) is 104 cm³/mol. The number of rotatable bonds is 4. The van der Waals surface area contributed by atoms with Crippen LogP contribution in [0, 0.1) is 11.3 Å². The van der Waals surface area contributed by atoms with Crippen molar-refractivity contribution < 1.29 is 4.79 Å². The van der Waals surface area contributed by atoms with Gasteiger partial charge in [-0.05, 0) is 50.6 Å². The average Bonchev–Trinajstić information content (AvgIpc) is 2.70. The fourth-order valence-electron chi connectivity index (χ4n) is 3.40. The summed E-state index contributed by atoms with van der Waals surface area (Å²) in [5.74, 6) is -0.196. The summed E-state index contributed by atoms with van der Waals surface area (Å²) in [6.45, 7) is 5.25.